The fourth-order valence-electron chi connectivity index (χ4n) is 3.31. The SMILES string of the molecule is CCOC1C=CC([SH+](=O)CC)=C(Nn2cnc3c(C)cc(C(F)(F)F)cc3c2=O)C1. The van der Waals surface area contributed by atoms with E-state index in [1.165, 1.54) is 13.3 Å². The van der Waals surface area contributed by atoms with Crippen LogP contribution < -0.4 is 11.0 Å². The first-order chi connectivity index (χ1) is 14.2. The maximum Gasteiger partial charge on any atom is 0.416 e. The van der Waals surface area contributed by atoms with Crippen LogP contribution in [-0.2, 0) is 25.9 Å². The van der Waals surface area contributed by atoms with E-state index in [9.17, 15) is 22.2 Å². The van der Waals surface area contributed by atoms with Crippen molar-refractivity contribution in [2.24, 2.45) is 0 Å². The molecule has 0 aliphatic heterocycles. The number of rotatable bonds is 6. The van der Waals surface area contributed by atoms with Gasteiger partial charge in [0.25, 0.3) is 5.56 Å². The second-order valence-electron chi connectivity index (χ2n) is 6.83. The van der Waals surface area contributed by atoms with Gasteiger partial charge in [-0.3, -0.25) is 10.2 Å². The molecule has 0 spiro atoms. The van der Waals surface area contributed by atoms with Crippen LogP contribution in [0.3, 0.4) is 0 Å². The van der Waals surface area contributed by atoms with E-state index in [2.05, 4.69) is 10.4 Å². The highest BCUT2D eigenvalue weighted by molar-refractivity contribution is 7.89. The topological polar surface area (TPSA) is 73.2 Å². The van der Waals surface area contributed by atoms with Crippen molar-refractivity contribution in [2.45, 2.75) is 39.5 Å². The second kappa shape index (κ2) is 8.73. The van der Waals surface area contributed by atoms with E-state index >= 15 is 0 Å². The molecule has 0 radical (unpaired) electrons. The lowest BCUT2D eigenvalue weighted by atomic mass is 10.1. The van der Waals surface area contributed by atoms with Crippen LogP contribution in [0.5, 0.6) is 0 Å². The molecule has 1 heterocycles. The first-order valence-corrected chi connectivity index (χ1v) is 10.9. The van der Waals surface area contributed by atoms with Crippen LogP contribution in [0, 0.1) is 6.92 Å². The largest absolute Gasteiger partial charge is 0.416 e. The molecule has 3 rings (SSSR count). The number of aryl methyl sites for hydroxylation is 1. The number of fused-ring (bicyclic) bond motifs is 1. The normalized spacial score (nSPS) is 18.1. The number of benzene rings is 1. The number of ether oxygens (including phenoxy) is 1. The summed E-state index contributed by atoms with van der Waals surface area (Å²) in [7, 11) is -1.69. The maximum absolute atomic E-state index is 13.2. The average Bonchev–Trinajstić information content (AvgIpc) is 2.69. The minimum absolute atomic E-state index is 0.146. The molecular formula is C20H23F3N3O3S+. The standard InChI is InChI=1S/C20H22F3N3O3S/c1-4-29-14-6-7-17(30(28)5-2)16(10-14)25-26-11-24-18-12(3)8-13(20(21,22)23)9-15(18)19(26)27/h6-9,11,14,25H,4-5,10H2,1-3H3/p+1. The number of nitrogens with one attached hydrogen (secondary N) is 1. The Morgan fingerprint density at radius 1 is 1.33 bits per heavy atom. The maximum atomic E-state index is 13.2. The number of alkyl halides is 3. The van der Waals surface area contributed by atoms with E-state index in [1.54, 1.807) is 13.0 Å². The van der Waals surface area contributed by atoms with Gasteiger partial charge in [0.15, 0.2) is 4.91 Å². The van der Waals surface area contributed by atoms with E-state index in [1.807, 2.05) is 13.0 Å². The molecule has 0 fully saturated rings. The summed E-state index contributed by atoms with van der Waals surface area (Å²) in [6, 6.07) is 1.78. The monoisotopic (exact) mass is 442 g/mol. The minimum atomic E-state index is -4.58. The molecule has 1 aromatic carbocycles. The number of halogens is 3. The first kappa shape index (κ1) is 22.2. The lowest BCUT2D eigenvalue weighted by molar-refractivity contribution is -0.137. The minimum Gasteiger partial charge on any atom is -0.374 e. The van der Waals surface area contributed by atoms with Gasteiger partial charge in [0.05, 0.1) is 28.3 Å². The summed E-state index contributed by atoms with van der Waals surface area (Å²) in [5, 5.41) is -0.146. The van der Waals surface area contributed by atoms with Crippen LogP contribution in [0.4, 0.5) is 13.2 Å². The molecule has 6 nitrogen and oxygen atoms in total. The van der Waals surface area contributed by atoms with E-state index in [0.29, 0.717) is 29.4 Å². The lowest BCUT2D eigenvalue weighted by Crippen LogP contribution is -2.32. The van der Waals surface area contributed by atoms with Crippen molar-refractivity contribution >= 4 is 21.7 Å². The van der Waals surface area contributed by atoms with Crippen molar-refractivity contribution < 1.29 is 22.1 Å². The summed E-state index contributed by atoms with van der Waals surface area (Å²) in [6.07, 6.45) is 0.264. The van der Waals surface area contributed by atoms with Crippen molar-refractivity contribution in [3.8, 4) is 0 Å². The van der Waals surface area contributed by atoms with Crippen LogP contribution in [0.25, 0.3) is 10.9 Å². The van der Waals surface area contributed by atoms with Gasteiger partial charge in [0, 0.05) is 13.0 Å². The molecule has 1 aliphatic carbocycles. The van der Waals surface area contributed by atoms with Crippen LogP contribution >= 0.6 is 0 Å². The van der Waals surface area contributed by atoms with E-state index in [-0.39, 0.29) is 22.6 Å². The summed E-state index contributed by atoms with van der Waals surface area (Å²) in [4.78, 5) is 17.7. The van der Waals surface area contributed by atoms with Gasteiger partial charge >= 0.3 is 6.18 Å². The van der Waals surface area contributed by atoms with E-state index < -0.39 is 28.1 Å². The third-order valence-corrected chi connectivity index (χ3v) is 6.29. The average molecular weight is 442 g/mol. The Morgan fingerprint density at radius 2 is 2.07 bits per heavy atom. The predicted octanol–water partition coefficient (Wildman–Crippen LogP) is 3.56. The molecule has 1 N–H and O–H groups in total. The number of allylic oxidation sites excluding steroid dienone is 1. The van der Waals surface area contributed by atoms with Gasteiger partial charge in [-0.1, -0.05) is 6.08 Å². The van der Waals surface area contributed by atoms with Crippen molar-refractivity contribution in [1.29, 1.82) is 0 Å². The predicted molar refractivity (Wildman–Crippen MR) is 111 cm³/mol. The zero-order valence-electron chi connectivity index (χ0n) is 16.8. The summed E-state index contributed by atoms with van der Waals surface area (Å²) in [5.74, 6) is 0.415. The van der Waals surface area contributed by atoms with E-state index in [4.69, 9.17) is 4.74 Å². The molecule has 2 unspecified atom stereocenters. The van der Waals surface area contributed by atoms with Crippen LogP contribution in [-0.4, -0.2) is 28.1 Å². The van der Waals surface area contributed by atoms with Crippen molar-refractivity contribution in [3.05, 3.63) is 62.7 Å². The van der Waals surface area contributed by atoms with Crippen LogP contribution in [0.15, 0.2) is 46.0 Å². The smallest absolute Gasteiger partial charge is 0.374 e. The molecule has 162 valence electrons. The van der Waals surface area contributed by atoms with Crippen LogP contribution in [0.2, 0.25) is 0 Å². The van der Waals surface area contributed by atoms with Crippen molar-refractivity contribution in [2.75, 3.05) is 17.8 Å². The number of nitrogens with zero attached hydrogens (tertiary/aromatic N) is 2. The number of hydrogen-bond donors (Lipinski definition) is 1. The first-order valence-electron chi connectivity index (χ1n) is 9.49. The van der Waals surface area contributed by atoms with Gasteiger partial charge in [-0.05, 0) is 44.5 Å². The van der Waals surface area contributed by atoms with E-state index in [0.717, 1.165) is 16.8 Å². The molecule has 2 atom stereocenters. The van der Waals surface area contributed by atoms with Gasteiger partial charge in [-0.15, -0.1) is 4.21 Å². The Balaban J connectivity index is 2.08. The molecule has 30 heavy (non-hydrogen) atoms. The fourth-order valence-corrected chi connectivity index (χ4v) is 4.34. The van der Waals surface area contributed by atoms with Gasteiger partial charge in [-0.2, -0.15) is 13.2 Å². The number of thiol groups is 1. The second-order valence-corrected chi connectivity index (χ2v) is 8.71. The summed E-state index contributed by atoms with van der Waals surface area (Å²) in [6.45, 7) is 5.60. The Morgan fingerprint density at radius 3 is 2.70 bits per heavy atom. The Kier molecular flexibility index (Phi) is 6.47. The molecule has 0 amide bonds. The van der Waals surface area contributed by atoms with Gasteiger partial charge in [0.2, 0.25) is 0 Å². The quantitative estimate of drug-likeness (QED) is 0.547. The van der Waals surface area contributed by atoms with Gasteiger partial charge in [0.1, 0.15) is 22.9 Å². The fraction of sp³-hybridized carbons (Fsp3) is 0.400. The summed E-state index contributed by atoms with van der Waals surface area (Å²) in [5.41, 5.74) is 2.30. The Hall–Kier alpha value is -2.46. The Bertz CT molecular complexity index is 1110. The van der Waals surface area contributed by atoms with Gasteiger partial charge < -0.3 is 4.74 Å². The van der Waals surface area contributed by atoms with Crippen LogP contribution in [0.1, 0.15) is 31.4 Å². The molecular weight excluding hydrogens is 419 g/mol. The molecule has 10 heteroatoms. The van der Waals surface area contributed by atoms with Crippen molar-refractivity contribution in [3.63, 3.8) is 0 Å². The summed E-state index contributed by atoms with van der Waals surface area (Å²) >= 11 is 0. The highest BCUT2D eigenvalue weighted by Crippen LogP contribution is 2.32. The third-order valence-electron chi connectivity index (χ3n) is 4.75. The highest BCUT2D eigenvalue weighted by atomic mass is 32.2. The lowest BCUT2D eigenvalue weighted by Gasteiger charge is -2.21. The molecule has 0 saturated heterocycles. The van der Waals surface area contributed by atoms with Gasteiger partial charge in [-0.25, -0.2) is 9.66 Å². The van der Waals surface area contributed by atoms with Crippen molar-refractivity contribution in [1.82, 2.24) is 9.66 Å². The number of hydrogen-bond acceptors (Lipinski definition) is 5. The molecule has 2 aromatic rings. The molecule has 1 aliphatic rings. The zero-order chi connectivity index (χ0) is 22.1. The highest BCUT2D eigenvalue weighted by Gasteiger charge is 2.32. The number of aromatic nitrogens is 2. The summed E-state index contributed by atoms with van der Waals surface area (Å²) < 4.78 is 58.7. The molecule has 0 saturated carbocycles. The molecule has 1 aromatic heterocycles. The Labute approximate surface area is 173 Å². The molecule has 0 bridgehead atoms. The third kappa shape index (κ3) is 4.49. The zero-order valence-corrected chi connectivity index (χ0v) is 17.7.